The van der Waals surface area contributed by atoms with Gasteiger partial charge in [-0.15, -0.1) is 0 Å². The number of carbonyl (C=O) groups is 1. The van der Waals surface area contributed by atoms with Gasteiger partial charge in [0.1, 0.15) is 0 Å². The second kappa shape index (κ2) is 6.84. The Bertz CT molecular complexity index is 442. The van der Waals surface area contributed by atoms with E-state index in [1.54, 1.807) is 12.3 Å². The van der Waals surface area contributed by atoms with Gasteiger partial charge in [0.15, 0.2) is 0 Å². The third kappa shape index (κ3) is 3.89. The van der Waals surface area contributed by atoms with Gasteiger partial charge in [-0.25, -0.2) is 0 Å². The Hall–Kier alpha value is -1.17. The normalized spacial score (nSPS) is 20.2. The lowest BCUT2D eigenvalue weighted by Gasteiger charge is -2.32. The number of ether oxygens (including phenoxy) is 1. The highest BCUT2D eigenvalue weighted by Crippen LogP contribution is 2.13. The van der Waals surface area contributed by atoms with Gasteiger partial charge in [-0.05, 0) is 12.6 Å². The molecule has 1 aliphatic rings. The van der Waals surface area contributed by atoms with Crippen LogP contribution >= 0.6 is 11.6 Å². The van der Waals surface area contributed by atoms with Crippen LogP contribution in [0.25, 0.3) is 0 Å². The Labute approximate surface area is 117 Å². The van der Waals surface area contributed by atoms with Crippen LogP contribution in [0.2, 0.25) is 5.02 Å². The first-order valence-corrected chi connectivity index (χ1v) is 6.80. The Morgan fingerprint density at radius 2 is 2.53 bits per heavy atom. The number of halogens is 1. The van der Waals surface area contributed by atoms with Crippen molar-refractivity contribution in [2.75, 3.05) is 32.8 Å². The molecule has 0 aliphatic carbocycles. The van der Waals surface area contributed by atoms with Gasteiger partial charge in [-0.2, -0.15) is 0 Å². The van der Waals surface area contributed by atoms with Gasteiger partial charge in [0.2, 0.25) is 0 Å². The Kier molecular flexibility index (Phi) is 5.13. The average Bonchev–Trinajstić information content (AvgIpc) is 2.45. The fourth-order valence-electron chi connectivity index (χ4n) is 2.05. The van der Waals surface area contributed by atoms with Gasteiger partial charge < -0.3 is 10.1 Å². The molecule has 0 saturated carbocycles. The number of nitrogens with zero attached hydrogens (tertiary/aromatic N) is 2. The van der Waals surface area contributed by atoms with Crippen LogP contribution in [-0.4, -0.2) is 54.7 Å². The minimum absolute atomic E-state index is 0.0401. The summed E-state index contributed by atoms with van der Waals surface area (Å²) in [6.45, 7) is 6.14. The predicted molar refractivity (Wildman–Crippen MR) is 73.4 cm³/mol. The van der Waals surface area contributed by atoms with Gasteiger partial charge in [0, 0.05) is 32.0 Å². The van der Waals surface area contributed by atoms with Crippen LogP contribution < -0.4 is 5.32 Å². The molecule has 6 heteroatoms. The summed E-state index contributed by atoms with van der Waals surface area (Å²) in [5.41, 5.74) is 0.444. The van der Waals surface area contributed by atoms with E-state index in [1.807, 2.05) is 0 Å². The van der Waals surface area contributed by atoms with Gasteiger partial charge in [-0.3, -0.25) is 14.7 Å². The van der Waals surface area contributed by atoms with Crippen molar-refractivity contribution in [1.82, 2.24) is 15.2 Å². The second-order valence-corrected chi connectivity index (χ2v) is 4.86. The number of likely N-dealkylation sites (N-methyl/N-ethyl adjacent to an activating group) is 1. The standard InChI is InChI=1S/C13H18ClN3O2/c1-2-17-5-6-19-10(9-17)7-16-13(18)11-3-4-15-8-12(11)14/h3-4,8,10H,2,5-7,9H2,1H3,(H,16,18). The largest absolute Gasteiger partial charge is 0.374 e. The van der Waals surface area contributed by atoms with Crippen LogP contribution in [0.4, 0.5) is 0 Å². The molecule has 5 nitrogen and oxygen atoms in total. The molecule has 1 aromatic rings. The number of amides is 1. The molecule has 1 aromatic heterocycles. The predicted octanol–water partition coefficient (Wildman–Crippen LogP) is 1.19. The summed E-state index contributed by atoms with van der Waals surface area (Å²) in [6.07, 6.45) is 3.06. The molecule has 0 aromatic carbocycles. The number of hydrogen-bond acceptors (Lipinski definition) is 4. The number of pyridine rings is 1. The maximum atomic E-state index is 12.0. The maximum Gasteiger partial charge on any atom is 0.253 e. The molecule has 1 saturated heterocycles. The van der Waals surface area contributed by atoms with Crippen molar-refractivity contribution in [2.45, 2.75) is 13.0 Å². The van der Waals surface area contributed by atoms with Crippen molar-refractivity contribution in [3.8, 4) is 0 Å². The molecular weight excluding hydrogens is 266 g/mol. The average molecular weight is 284 g/mol. The van der Waals surface area contributed by atoms with Gasteiger partial charge in [-0.1, -0.05) is 18.5 Å². The molecule has 2 heterocycles. The minimum Gasteiger partial charge on any atom is -0.374 e. The summed E-state index contributed by atoms with van der Waals surface area (Å²) in [4.78, 5) is 18.1. The number of rotatable bonds is 4. The zero-order valence-corrected chi connectivity index (χ0v) is 11.7. The molecule has 1 unspecified atom stereocenters. The Morgan fingerprint density at radius 1 is 1.68 bits per heavy atom. The third-order valence-corrected chi connectivity index (χ3v) is 3.48. The quantitative estimate of drug-likeness (QED) is 0.902. The highest BCUT2D eigenvalue weighted by molar-refractivity contribution is 6.33. The molecule has 104 valence electrons. The first-order chi connectivity index (χ1) is 9.20. The third-order valence-electron chi connectivity index (χ3n) is 3.18. The summed E-state index contributed by atoms with van der Waals surface area (Å²) >= 11 is 5.92. The van der Waals surface area contributed by atoms with E-state index in [2.05, 4.69) is 22.1 Å². The Morgan fingerprint density at radius 3 is 3.26 bits per heavy atom. The molecule has 1 aliphatic heterocycles. The van der Waals surface area contributed by atoms with E-state index < -0.39 is 0 Å². The smallest absolute Gasteiger partial charge is 0.253 e. The monoisotopic (exact) mass is 283 g/mol. The van der Waals surface area contributed by atoms with Crippen molar-refractivity contribution in [3.05, 3.63) is 29.0 Å². The number of aromatic nitrogens is 1. The van der Waals surface area contributed by atoms with Crippen LogP contribution in [0.1, 0.15) is 17.3 Å². The summed E-state index contributed by atoms with van der Waals surface area (Å²) in [5, 5.41) is 3.21. The molecule has 0 spiro atoms. The SMILES string of the molecule is CCN1CCOC(CNC(=O)c2ccncc2Cl)C1. The fraction of sp³-hybridized carbons (Fsp3) is 0.538. The summed E-state index contributed by atoms with van der Waals surface area (Å²) in [6, 6.07) is 1.61. The van der Waals surface area contributed by atoms with Crippen LogP contribution in [0.15, 0.2) is 18.5 Å². The highest BCUT2D eigenvalue weighted by Gasteiger charge is 2.20. The number of morpholine rings is 1. The van der Waals surface area contributed by atoms with E-state index in [-0.39, 0.29) is 12.0 Å². The van der Waals surface area contributed by atoms with Crippen LogP contribution in [-0.2, 0) is 4.74 Å². The van der Waals surface area contributed by atoms with Gasteiger partial charge in [0.05, 0.1) is 23.3 Å². The molecular formula is C13H18ClN3O2. The molecule has 1 fully saturated rings. The second-order valence-electron chi connectivity index (χ2n) is 4.45. The molecule has 0 radical (unpaired) electrons. The highest BCUT2D eigenvalue weighted by atomic mass is 35.5. The maximum absolute atomic E-state index is 12.0. The van der Waals surface area contributed by atoms with E-state index in [9.17, 15) is 4.79 Å². The molecule has 1 amide bonds. The van der Waals surface area contributed by atoms with Crippen LogP contribution in [0, 0.1) is 0 Å². The molecule has 1 N–H and O–H groups in total. The zero-order chi connectivity index (χ0) is 13.7. The van der Waals surface area contributed by atoms with Crippen molar-refractivity contribution in [2.24, 2.45) is 0 Å². The lowest BCUT2D eigenvalue weighted by molar-refractivity contribution is -0.0246. The lowest BCUT2D eigenvalue weighted by Crippen LogP contribution is -2.47. The van der Waals surface area contributed by atoms with E-state index in [4.69, 9.17) is 16.3 Å². The molecule has 2 rings (SSSR count). The van der Waals surface area contributed by atoms with Gasteiger partial charge in [0.25, 0.3) is 5.91 Å². The molecule has 1 atom stereocenters. The van der Waals surface area contributed by atoms with Crippen LogP contribution in [0.3, 0.4) is 0 Å². The first-order valence-electron chi connectivity index (χ1n) is 6.42. The molecule has 0 bridgehead atoms. The fourth-order valence-corrected chi connectivity index (χ4v) is 2.26. The number of nitrogens with one attached hydrogen (secondary N) is 1. The lowest BCUT2D eigenvalue weighted by atomic mass is 10.2. The van der Waals surface area contributed by atoms with Crippen molar-refractivity contribution >= 4 is 17.5 Å². The van der Waals surface area contributed by atoms with E-state index in [0.29, 0.717) is 23.7 Å². The van der Waals surface area contributed by atoms with Crippen molar-refractivity contribution in [1.29, 1.82) is 0 Å². The topological polar surface area (TPSA) is 54.5 Å². The number of carbonyl (C=O) groups excluding carboxylic acids is 1. The summed E-state index contributed by atoms with van der Waals surface area (Å²) in [7, 11) is 0. The summed E-state index contributed by atoms with van der Waals surface area (Å²) in [5.74, 6) is -0.190. The number of hydrogen-bond donors (Lipinski definition) is 1. The summed E-state index contributed by atoms with van der Waals surface area (Å²) < 4.78 is 5.62. The van der Waals surface area contributed by atoms with E-state index in [0.717, 1.165) is 19.6 Å². The Balaban J connectivity index is 1.85. The first kappa shape index (κ1) is 14.2. The van der Waals surface area contributed by atoms with Crippen molar-refractivity contribution < 1.29 is 9.53 Å². The van der Waals surface area contributed by atoms with E-state index in [1.165, 1.54) is 6.20 Å². The minimum atomic E-state index is -0.190. The van der Waals surface area contributed by atoms with E-state index >= 15 is 0 Å². The zero-order valence-electron chi connectivity index (χ0n) is 10.9. The van der Waals surface area contributed by atoms with Crippen LogP contribution in [0.5, 0.6) is 0 Å². The molecule has 19 heavy (non-hydrogen) atoms. The van der Waals surface area contributed by atoms with Gasteiger partial charge >= 0.3 is 0 Å². The van der Waals surface area contributed by atoms with Crippen molar-refractivity contribution in [3.63, 3.8) is 0 Å².